The van der Waals surface area contributed by atoms with Crippen molar-refractivity contribution >= 4 is 45.9 Å². The van der Waals surface area contributed by atoms with Crippen molar-refractivity contribution in [1.29, 1.82) is 0 Å². The van der Waals surface area contributed by atoms with Crippen LogP contribution >= 0.6 is 11.8 Å². The molecule has 2 N–H and O–H groups in total. The highest BCUT2D eigenvalue weighted by Crippen LogP contribution is 2.19. The third-order valence-corrected chi connectivity index (χ3v) is 5.35. The van der Waals surface area contributed by atoms with Crippen LogP contribution in [0.4, 0.5) is 11.4 Å². The molecule has 0 saturated carbocycles. The molecule has 0 radical (unpaired) electrons. The number of methoxy groups -OCH3 is 1. The van der Waals surface area contributed by atoms with Crippen LogP contribution in [0.1, 0.15) is 13.3 Å². The highest BCUT2D eigenvalue weighted by Gasteiger charge is 2.13. The lowest BCUT2D eigenvalue weighted by Crippen LogP contribution is -2.25. The number of nitrogens with one attached hydrogen (secondary N) is 2. The summed E-state index contributed by atoms with van der Waals surface area (Å²) in [5.41, 5.74) is 1.74. The first-order valence-electron chi connectivity index (χ1n) is 9.77. The van der Waals surface area contributed by atoms with E-state index in [2.05, 4.69) is 15.6 Å². The van der Waals surface area contributed by atoms with Crippen LogP contribution in [0, 0.1) is 0 Å². The Morgan fingerprint density at radius 1 is 1.06 bits per heavy atom. The Morgan fingerprint density at radius 3 is 2.42 bits per heavy atom. The van der Waals surface area contributed by atoms with Crippen LogP contribution in [0.15, 0.2) is 58.5 Å². The lowest BCUT2D eigenvalue weighted by molar-refractivity contribution is -0.114. The molecule has 3 rings (SSSR count). The number of carbonyl (C=O) groups excluding carboxylic acids is 2. The molecule has 0 bridgehead atoms. The van der Waals surface area contributed by atoms with E-state index in [9.17, 15) is 14.4 Å². The van der Waals surface area contributed by atoms with E-state index in [0.29, 0.717) is 47.0 Å². The molecule has 0 spiro atoms. The summed E-state index contributed by atoms with van der Waals surface area (Å²) in [5.74, 6) is -0.279. The molecule has 1 heterocycles. The standard InChI is InChI=1S/C22H24N4O4S/c1-15(27)23-16-8-10-17(11-9-16)24-20(28)14-31-22-25-19-7-4-3-6-18(19)21(29)26(22)12-5-13-30-2/h3-4,6-11H,5,12-14H2,1-2H3,(H,23,27)(H,24,28). The van der Waals surface area contributed by atoms with E-state index < -0.39 is 0 Å². The summed E-state index contributed by atoms with van der Waals surface area (Å²) in [5, 5.41) is 6.53. The molecule has 0 aliphatic rings. The summed E-state index contributed by atoms with van der Waals surface area (Å²) in [6.07, 6.45) is 0.664. The van der Waals surface area contributed by atoms with Gasteiger partial charge in [0.1, 0.15) is 0 Å². The van der Waals surface area contributed by atoms with Gasteiger partial charge in [-0.2, -0.15) is 0 Å². The van der Waals surface area contributed by atoms with Crippen molar-refractivity contribution in [1.82, 2.24) is 9.55 Å². The SMILES string of the molecule is COCCCn1c(SCC(=O)Nc2ccc(NC(C)=O)cc2)nc2ccccc2c1=O. The second kappa shape index (κ2) is 10.7. The van der Waals surface area contributed by atoms with E-state index in [1.54, 1.807) is 48.1 Å². The minimum Gasteiger partial charge on any atom is -0.385 e. The first-order chi connectivity index (χ1) is 15.0. The third-order valence-electron chi connectivity index (χ3n) is 4.38. The number of nitrogens with zero attached hydrogens (tertiary/aromatic N) is 2. The van der Waals surface area contributed by atoms with Crippen molar-refractivity contribution < 1.29 is 14.3 Å². The van der Waals surface area contributed by atoms with Gasteiger partial charge in [0, 0.05) is 38.6 Å². The molecule has 0 saturated heterocycles. The van der Waals surface area contributed by atoms with Gasteiger partial charge in [-0.05, 0) is 42.8 Å². The maximum atomic E-state index is 12.9. The van der Waals surface area contributed by atoms with Crippen LogP contribution in [0.25, 0.3) is 10.9 Å². The van der Waals surface area contributed by atoms with Crippen LogP contribution in [0.2, 0.25) is 0 Å². The average Bonchev–Trinajstić information content (AvgIpc) is 2.75. The molecule has 31 heavy (non-hydrogen) atoms. The zero-order valence-corrected chi connectivity index (χ0v) is 18.2. The predicted molar refractivity (Wildman–Crippen MR) is 123 cm³/mol. The number of carbonyl (C=O) groups is 2. The molecule has 0 aliphatic heterocycles. The maximum Gasteiger partial charge on any atom is 0.262 e. The highest BCUT2D eigenvalue weighted by atomic mass is 32.2. The summed E-state index contributed by atoms with van der Waals surface area (Å²) in [6.45, 7) is 2.42. The number of anilines is 2. The van der Waals surface area contributed by atoms with Crippen molar-refractivity contribution in [3.8, 4) is 0 Å². The number of ether oxygens (including phenoxy) is 1. The summed E-state index contributed by atoms with van der Waals surface area (Å²) in [4.78, 5) is 41.0. The molecular weight excluding hydrogens is 416 g/mol. The molecule has 1 aromatic heterocycles. The van der Waals surface area contributed by atoms with E-state index in [1.165, 1.54) is 18.7 Å². The van der Waals surface area contributed by atoms with E-state index >= 15 is 0 Å². The first-order valence-corrected chi connectivity index (χ1v) is 10.8. The Morgan fingerprint density at radius 2 is 1.74 bits per heavy atom. The lowest BCUT2D eigenvalue weighted by atomic mass is 10.2. The van der Waals surface area contributed by atoms with Crippen LogP contribution in [-0.4, -0.2) is 40.8 Å². The molecule has 2 aromatic carbocycles. The van der Waals surface area contributed by atoms with Gasteiger partial charge in [-0.25, -0.2) is 4.98 Å². The summed E-state index contributed by atoms with van der Waals surface area (Å²) >= 11 is 1.22. The predicted octanol–water partition coefficient (Wildman–Crippen LogP) is 3.12. The highest BCUT2D eigenvalue weighted by molar-refractivity contribution is 7.99. The van der Waals surface area contributed by atoms with E-state index in [0.717, 1.165) is 0 Å². The van der Waals surface area contributed by atoms with Gasteiger partial charge in [0.05, 0.1) is 16.7 Å². The Hall–Kier alpha value is -3.17. The second-order valence-corrected chi connectivity index (χ2v) is 7.75. The topological polar surface area (TPSA) is 102 Å². The van der Waals surface area contributed by atoms with Gasteiger partial charge >= 0.3 is 0 Å². The number of aromatic nitrogens is 2. The Labute approximate surface area is 184 Å². The second-order valence-electron chi connectivity index (χ2n) is 6.81. The molecule has 0 aliphatic carbocycles. The van der Waals surface area contributed by atoms with Gasteiger partial charge in [0.15, 0.2) is 5.16 Å². The van der Waals surface area contributed by atoms with Gasteiger partial charge in [0.2, 0.25) is 11.8 Å². The molecule has 162 valence electrons. The molecule has 9 heteroatoms. The number of rotatable bonds is 9. The zero-order valence-electron chi connectivity index (χ0n) is 17.4. The van der Waals surface area contributed by atoms with Gasteiger partial charge < -0.3 is 15.4 Å². The van der Waals surface area contributed by atoms with Crippen LogP contribution < -0.4 is 16.2 Å². The molecule has 3 aromatic rings. The van der Waals surface area contributed by atoms with Gasteiger partial charge in [0.25, 0.3) is 5.56 Å². The van der Waals surface area contributed by atoms with Gasteiger partial charge in [-0.3, -0.25) is 19.0 Å². The number of hydrogen-bond acceptors (Lipinski definition) is 6. The van der Waals surface area contributed by atoms with Gasteiger partial charge in [-0.1, -0.05) is 23.9 Å². The summed E-state index contributed by atoms with van der Waals surface area (Å²) in [6, 6.07) is 14.0. The molecule has 0 atom stereocenters. The average molecular weight is 441 g/mol. The molecule has 8 nitrogen and oxygen atoms in total. The lowest BCUT2D eigenvalue weighted by Gasteiger charge is -2.13. The fourth-order valence-corrected chi connectivity index (χ4v) is 3.81. The van der Waals surface area contributed by atoms with Crippen molar-refractivity contribution in [3.05, 3.63) is 58.9 Å². The Balaban J connectivity index is 1.71. The van der Waals surface area contributed by atoms with E-state index in [-0.39, 0.29) is 23.1 Å². The summed E-state index contributed by atoms with van der Waals surface area (Å²) < 4.78 is 6.69. The number of para-hydroxylation sites is 1. The molecule has 2 amide bonds. The van der Waals surface area contributed by atoms with Crippen molar-refractivity contribution in [2.45, 2.75) is 25.0 Å². The van der Waals surface area contributed by atoms with Crippen molar-refractivity contribution in [2.75, 3.05) is 30.1 Å². The zero-order chi connectivity index (χ0) is 22.2. The number of hydrogen-bond donors (Lipinski definition) is 2. The van der Waals surface area contributed by atoms with E-state index in [1.807, 2.05) is 12.1 Å². The summed E-state index contributed by atoms with van der Waals surface area (Å²) in [7, 11) is 1.62. The number of thioether (sulfide) groups is 1. The van der Waals surface area contributed by atoms with Crippen molar-refractivity contribution in [2.24, 2.45) is 0 Å². The smallest absolute Gasteiger partial charge is 0.262 e. The van der Waals surface area contributed by atoms with Crippen LogP contribution in [-0.2, 0) is 20.9 Å². The molecule has 0 fully saturated rings. The minimum atomic E-state index is -0.219. The maximum absolute atomic E-state index is 12.9. The molecule has 0 unspecified atom stereocenters. The molecular formula is C22H24N4O4S. The third kappa shape index (κ3) is 6.16. The minimum absolute atomic E-state index is 0.0997. The fourth-order valence-electron chi connectivity index (χ4n) is 2.99. The number of amides is 2. The van der Waals surface area contributed by atoms with Gasteiger partial charge in [-0.15, -0.1) is 0 Å². The monoisotopic (exact) mass is 440 g/mol. The largest absolute Gasteiger partial charge is 0.385 e. The Kier molecular flexibility index (Phi) is 7.80. The normalized spacial score (nSPS) is 10.8. The first kappa shape index (κ1) is 22.5. The fraction of sp³-hybridized carbons (Fsp3) is 0.273. The van der Waals surface area contributed by atoms with Crippen molar-refractivity contribution in [3.63, 3.8) is 0 Å². The number of benzene rings is 2. The number of fused-ring (bicyclic) bond motifs is 1. The quantitative estimate of drug-likeness (QED) is 0.301. The van der Waals surface area contributed by atoms with Crippen LogP contribution in [0.5, 0.6) is 0 Å². The van der Waals surface area contributed by atoms with E-state index in [4.69, 9.17) is 4.74 Å². The van der Waals surface area contributed by atoms with Crippen LogP contribution in [0.3, 0.4) is 0 Å². The Bertz CT molecular complexity index is 1130.